The first-order valence-electron chi connectivity index (χ1n) is 4.97. The van der Waals surface area contributed by atoms with Gasteiger partial charge in [0.25, 0.3) is 0 Å². The second-order valence-electron chi connectivity index (χ2n) is 4.43. The summed E-state index contributed by atoms with van der Waals surface area (Å²) in [6.45, 7) is 1.82. The first-order valence-corrected chi connectivity index (χ1v) is 4.97. The van der Waals surface area contributed by atoms with Crippen LogP contribution in [-0.2, 0) is 4.79 Å². The molecule has 5 heteroatoms. The number of aliphatic hydroxyl groups is 2. The summed E-state index contributed by atoms with van der Waals surface area (Å²) < 4.78 is 0. The molecule has 0 aromatic carbocycles. The zero-order chi connectivity index (χ0) is 11.4. The maximum atomic E-state index is 11.1. The average molecular weight is 213 g/mol. The van der Waals surface area contributed by atoms with E-state index < -0.39 is 23.7 Å². The highest BCUT2D eigenvalue weighted by Crippen LogP contribution is 2.64. The molecule has 0 radical (unpaired) electrons. The summed E-state index contributed by atoms with van der Waals surface area (Å²) in [7, 11) is 0. The number of nitrogens with two attached hydrogens (primary N) is 1. The first kappa shape index (κ1) is 10.6. The highest BCUT2D eigenvalue weighted by atomic mass is 16.5. The second kappa shape index (κ2) is 3.04. The van der Waals surface area contributed by atoms with E-state index in [1.54, 1.807) is 0 Å². The van der Waals surface area contributed by atoms with E-state index in [2.05, 4.69) is 0 Å². The Kier molecular flexibility index (Phi) is 2.15. The SMILES string of the molecule is C/C=C1/CC(N)(C(=O)O)C2C1C2C(O)O. The minimum Gasteiger partial charge on any atom is -0.480 e. The van der Waals surface area contributed by atoms with Crippen molar-refractivity contribution in [2.24, 2.45) is 23.5 Å². The number of carboxylic acids is 1. The number of rotatable bonds is 2. The third kappa shape index (κ3) is 1.24. The Balaban J connectivity index is 2.30. The van der Waals surface area contributed by atoms with Crippen LogP contribution in [0.3, 0.4) is 0 Å². The summed E-state index contributed by atoms with van der Waals surface area (Å²) in [5.74, 6) is -1.86. The van der Waals surface area contributed by atoms with Crippen molar-refractivity contribution in [3.8, 4) is 0 Å². The summed E-state index contributed by atoms with van der Waals surface area (Å²) in [6.07, 6.45) is 0.673. The van der Waals surface area contributed by atoms with E-state index in [1.165, 1.54) is 0 Å². The lowest BCUT2D eigenvalue weighted by atomic mass is 9.90. The van der Waals surface area contributed by atoms with Gasteiger partial charge in [-0.05, 0) is 19.3 Å². The fourth-order valence-corrected chi connectivity index (χ4v) is 2.93. The van der Waals surface area contributed by atoms with Crippen LogP contribution in [0.5, 0.6) is 0 Å². The third-order valence-corrected chi connectivity index (χ3v) is 3.71. The van der Waals surface area contributed by atoms with Crippen molar-refractivity contribution in [1.29, 1.82) is 0 Å². The zero-order valence-electron chi connectivity index (χ0n) is 8.42. The van der Waals surface area contributed by atoms with Crippen LogP contribution < -0.4 is 5.73 Å². The van der Waals surface area contributed by atoms with Gasteiger partial charge in [-0.15, -0.1) is 0 Å². The number of aliphatic carboxylic acids is 1. The molecule has 4 atom stereocenters. The van der Waals surface area contributed by atoms with Crippen molar-refractivity contribution in [3.63, 3.8) is 0 Å². The third-order valence-electron chi connectivity index (χ3n) is 3.71. The van der Waals surface area contributed by atoms with Crippen LogP contribution in [-0.4, -0.2) is 33.1 Å². The number of aliphatic hydroxyl groups excluding tert-OH is 1. The average Bonchev–Trinajstić information content (AvgIpc) is 2.82. The van der Waals surface area contributed by atoms with Crippen LogP contribution in [0.2, 0.25) is 0 Å². The van der Waals surface area contributed by atoms with Gasteiger partial charge in [0.15, 0.2) is 6.29 Å². The Bertz CT molecular complexity index is 338. The smallest absolute Gasteiger partial charge is 0.324 e. The summed E-state index contributed by atoms with van der Waals surface area (Å²) >= 11 is 0. The van der Waals surface area contributed by atoms with Gasteiger partial charge in [-0.2, -0.15) is 0 Å². The molecule has 2 aliphatic rings. The van der Waals surface area contributed by atoms with E-state index in [9.17, 15) is 4.79 Å². The van der Waals surface area contributed by atoms with Crippen molar-refractivity contribution in [3.05, 3.63) is 11.6 Å². The molecule has 0 aromatic heterocycles. The van der Waals surface area contributed by atoms with E-state index in [0.717, 1.165) is 5.57 Å². The number of allylic oxidation sites excluding steroid dienone is 1. The highest BCUT2D eigenvalue weighted by molar-refractivity contribution is 5.82. The number of hydrogen-bond donors (Lipinski definition) is 4. The summed E-state index contributed by atoms with van der Waals surface area (Å²) in [5, 5.41) is 27.3. The predicted octanol–water partition coefficient (Wildman–Crippen LogP) is -0.709. The Morgan fingerprint density at radius 2 is 2.27 bits per heavy atom. The fourth-order valence-electron chi connectivity index (χ4n) is 2.93. The minimum atomic E-state index is -1.47. The summed E-state index contributed by atoms with van der Waals surface area (Å²) in [4.78, 5) is 11.1. The van der Waals surface area contributed by atoms with Gasteiger partial charge in [-0.3, -0.25) is 4.79 Å². The second-order valence-corrected chi connectivity index (χ2v) is 4.43. The maximum absolute atomic E-state index is 11.1. The van der Waals surface area contributed by atoms with Gasteiger partial charge in [0.05, 0.1) is 0 Å². The fraction of sp³-hybridized carbons (Fsp3) is 0.700. The van der Waals surface area contributed by atoms with Crippen molar-refractivity contribution in [2.45, 2.75) is 25.2 Å². The lowest BCUT2D eigenvalue weighted by molar-refractivity contribution is -0.144. The maximum Gasteiger partial charge on any atom is 0.324 e. The number of carbonyl (C=O) groups is 1. The Hall–Kier alpha value is -0.910. The van der Waals surface area contributed by atoms with Crippen LogP contribution in [0.4, 0.5) is 0 Å². The molecule has 5 N–H and O–H groups in total. The molecule has 2 fully saturated rings. The van der Waals surface area contributed by atoms with Crippen LogP contribution in [0, 0.1) is 17.8 Å². The van der Waals surface area contributed by atoms with Gasteiger partial charge in [0.2, 0.25) is 0 Å². The van der Waals surface area contributed by atoms with Crippen LogP contribution in [0.1, 0.15) is 13.3 Å². The molecule has 2 aliphatic carbocycles. The lowest BCUT2D eigenvalue weighted by Gasteiger charge is -2.23. The lowest BCUT2D eigenvalue weighted by Crippen LogP contribution is -2.49. The topological polar surface area (TPSA) is 104 Å². The van der Waals surface area contributed by atoms with E-state index in [0.29, 0.717) is 6.42 Å². The van der Waals surface area contributed by atoms with Gasteiger partial charge in [0, 0.05) is 11.8 Å². The van der Waals surface area contributed by atoms with Crippen LogP contribution in [0.15, 0.2) is 11.6 Å². The molecular weight excluding hydrogens is 198 g/mol. The van der Waals surface area contributed by atoms with Crippen LogP contribution >= 0.6 is 0 Å². The normalized spacial score (nSPS) is 45.9. The Morgan fingerprint density at radius 1 is 1.67 bits per heavy atom. The predicted molar refractivity (Wildman–Crippen MR) is 51.6 cm³/mol. The molecule has 2 rings (SSSR count). The molecular formula is C10H15NO4. The summed E-state index contributed by atoms with van der Waals surface area (Å²) in [6, 6.07) is 0. The van der Waals surface area contributed by atoms with E-state index in [-0.39, 0.29) is 11.8 Å². The van der Waals surface area contributed by atoms with Crippen molar-refractivity contribution in [1.82, 2.24) is 0 Å². The van der Waals surface area contributed by atoms with Gasteiger partial charge in [-0.25, -0.2) is 0 Å². The molecule has 0 saturated heterocycles. The number of hydrogen-bond acceptors (Lipinski definition) is 4. The standard InChI is InChI=1S/C10H15NO4/c1-2-4-3-10(11,9(14)15)7-5(4)6(7)8(12)13/h2,5-8,12-13H,3,11H2,1H3,(H,14,15)/b4-2-. The largest absolute Gasteiger partial charge is 0.480 e. The number of carboxylic acid groups (broad SMARTS) is 1. The molecule has 5 nitrogen and oxygen atoms in total. The quantitative estimate of drug-likeness (QED) is 0.358. The molecule has 2 saturated carbocycles. The number of fused-ring (bicyclic) bond motifs is 1. The minimum absolute atomic E-state index is 0.0592. The zero-order valence-corrected chi connectivity index (χ0v) is 8.42. The first-order chi connectivity index (χ1) is 6.93. The Labute approximate surface area is 87.2 Å². The van der Waals surface area contributed by atoms with Gasteiger partial charge in [0.1, 0.15) is 5.54 Å². The van der Waals surface area contributed by atoms with Gasteiger partial charge in [-0.1, -0.05) is 11.6 Å². The molecule has 0 spiro atoms. The van der Waals surface area contributed by atoms with Gasteiger partial charge >= 0.3 is 5.97 Å². The monoisotopic (exact) mass is 213 g/mol. The molecule has 4 unspecified atom stereocenters. The molecule has 0 amide bonds. The highest BCUT2D eigenvalue weighted by Gasteiger charge is 2.70. The molecule has 15 heavy (non-hydrogen) atoms. The molecule has 0 aromatic rings. The van der Waals surface area contributed by atoms with Crippen LogP contribution in [0.25, 0.3) is 0 Å². The molecule has 0 heterocycles. The van der Waals surface area contributed by atoms with Crippen molar-refractivity contribution < 1.29 is 20.1 Å². The van der Waals surface area contributed by atoms with Crippen molar-refractivity contribution >= 4 is 5.97 Å². The van der Waals surface area contributed by atoms with E-state index in [4.69, 9.17) is 21.1 Å². The van der Waals surface area contributed by atoms with Crippen molar-refractivity contribution in [2.75, 3.05) is 0 Å². The molecule has 0 bridgehead atoms. The van der Waals surface area contributed by atoms with E-state index >= 15 is 0 Å². The molecule has 0 aliphatic heterocycles. The van der Waals surface area contributed by atoms with Gasteiger partial charge < -0.3 is 21.1 Å². The Morgan fingerprint density at radius 3 is 2.67 bits per heavy atom. The summed E-state index contributed by atoms with van der Waals surface area (Å²) in [5.41, 5.74) is 5.43. The molecule has 84 valence electrons. The van der Waals surface area contributed by atoms with E-state index in [1.807, 2.05) is 13.0 Å².